The highest BCUT2D eigenvalue weighted by molar-refractivity contribution is 6.06. The number of anilines is 1. The van der Waals surface area contributed by atoms with Crippen LogP contribution in [0.25, 0.3) is 22.0 Å². The zero-order chi connectivity index (χ0) is 29.1. The number of carboxylic acids is 1. The number of benzene rings is 1. The second kappa shape index (κ2) is 12.4. The molecule has 0 bridgehead atoms. The SMILES string of the molecule is CN1CCN(Cc2cncc(NC(=O)n3nc(C(=O)O)c4cc(-c5cncc(CN6CCCCC6)c5)ccc43)c2)CC1. The first-order valence-electron chi connectivity index (χ1n) is 14.5. The highest BCUT2D eigenvalue weighted by Crippen LogP contribution is 2.28. The number of piperidine rings is 1. The van der Waals surface area contributed by atoms with E-state index in [1.165, 1.54) is 19.3 Å². The Bertz CT molecular complexity index is 1590. The Balaban J connectivity index is 1.22. The van der Waals surface area contributed by atoms with Gasteiger partial charge in [0.05, 0.1) is 17.4 Å². The first-order chi connectivity index (χ1) is 20.4. The number of hydrogen-bond acceptors (Lipinski definition) is 8. The summed E-state index contributed by atoms with van der Waals surface area (Å²) in [6.45, 7) is 7.76. The summed E-state index contributed by atoms with van der Waals surface area (Å²) in [4.78, 5) is 41.3. The molecule has 5 heterocycles. The van der Waals surface area contributed by atoms with Gasteiger partial charge in [0.15, 0.2) is 5.69 Å². The third kappa shape index (κ3) is 6.33. The minimum Gasteiger partial charge on any atom is -0.476 e. The first kappa shape index (κ1) is 28.0. The van der Waals surface area contributed by atoms with Crippen LogP contribution >= 0.6 is 0 Å². The Morgan fingerprint density at radius 2 is 1.50 bits per heavy atom. The van der Waals surface area contributed by atoms with E-state index in [-0.39, 0.29) is 5.69 Å². The largest absolute Gasteiger partial charge is 0.476 e. The molecule has 1 aromatic carbocycles. The number of nitrogens with zero attached hydrogens (tertiary/aromatic N) is 7. The molecular weight excluding hydrogens is 532 g/mol. The number of nitrogens with one attached hydrogen (secondary N) is 1. The topological polar surface area (TPSA) is 120 Å². The molecule has 11 heteroatoms. The van der Waals surface area contributed by atoms with E-state index in [1.54, 1.807) is 30.7 Å². The van der Waals surface area contributed by atoms with Crippen molar-refractivity contribution in [3.05, 3.63) is 71.9 Å². The molecule has 0 saturated carbocycles. The number of hydrogen-bond donors (Lipinski definition) is 2. The summed E-state index contributed by atoms with van der Waals surface area (Å²) in [5.41, 5.74) is 4.58. The van der Waals surface area contributed by atoms with Gasteiger partial charge < -0.3 is 15.3 Å². The second-order valence-electron chi connectivity index (χ2n) is 11.3. The second-order valence-corrected chi connectivity index (χ2v) is 11.3. The summed E-state index contributed by atoms with van der Waals surface area (Å²) < 4.78 is 1.11. The maximum Gasteiger partial charge on any atom is 0.357 e. The van der Waals surface area contributed by atoms with E-state index < -0.39 is 12.0 Å². The summed E-state index contributed by atoms with van der Waals surface area (Å²) in [5.74, 6) is -1.20. The van der Waals surface area contributed by atoms with Crippen molar-refractivity contribution in [3.8, 4) is 11.1 Å². The van der Waals surface area contributed by atoms with Crippen molar-refractivity contribution in [3.63, 3.8) is 0 Å². The van der Waals surface area contributed by atoms with Crippen LogP contribution in [-0.2, 0) is 13.1 Å². The van der Waals surface area contributed by atoms with Crippen molar-refractivity contribution in [2.45, 2.75) is 32.4 Å². The zero-order valence-electron chi connectivity index (χ0n) is 23.9. The number of carbonyl (C=O) groups is 2. The molecule has 2 aliphatic heterocycles. The van der Waals surface area contributed by atoms with Crippen molar-refractivity contribution in [2.24, 2.45) is 0 Å². The first-order valence-corrected chi connectivity index (χ1v) is 14.5. The molecule has 2 fully saturated rings. The molecule has 4 aromatic rings. The van der Waals surface area contributed by atoms with Crippen molar-refractivity contribution in [1.82, 2.24) is 34.4 Å². The fourth-order valence-corrected chi connectivity index (χ4v) is 5.80. The number of aromatic nitrogens is 4. The Morgan fingerprint density at radius 3 is 2.24 bits per heavy atom. The number of rotatable bonds is 7. The summed E-state index contributed by atoms with van der Waals surface area (Å²) in [6, 6.07) is 8.83. The number of fused-ring (bicyclic) bond motifs is 1. The summed E-state index contributed by atoms with van der Waals surface area (Å²) in [7, 11) is 2.12. The van der Waals surface area contributed by atoms with Crippen LogP contribution in [0.5, 0.6) is 0 Å². The van der Waals surface area contributed by atoms with Gasteiger partial charge in [0, 0.05) is 68.8 Å². The third-order valence-corrected chi connectivity index (χ3v) is 8.11. The molecule has 0 spiro atoms. The maximum atomic E-state index is 13.3. The van der Waals surface area contributed by atoms with Gasteiger partial charge in [-0.15, -0.1) is 0 Å². The van der Waals surface area contributed by atoms with E-state index in [1.807, 2.05) is 18.3 Å². The maximum absolute atomic E-state index is 13.3. The van der Waals surface area contributed by atoms with Crippen LogP contribution in [0.2, 0.25) is 0 Å². The van der Waals surface area contributed by atoms with Gasteiger partial charge in [-0.05, 0) is 73.9 Å². The predicted octanol–water partition coefficient (Wildman–Crippen LogP) is 4.01. The molecule has 0 unspecified atom stereocenters. The van der Waals surface area contributed by atoms with E-state index in [2.05, 4.69) is 48.2 Å². The number of likely N-dealkylation sites (N-methyl/N-ethyl adjacent to an activating group) is 1. The Kier molecular flexibility index (Phi) is 8.22. The quantitative estimate of drug-likeness (QED) is 0.341. The van der Waals surface area contributed by atoms with Crippen molar-refractivity contribution in [2.75, 3.05) is 51.6 Å². The Morgan fingerprint density at radius 1 is 0.810 bits per heavy atom. The molecule has 0 radical (unpaired) electrons. The average molecular weight is 569 g/mol. The van der Waals surface area contributed by atoms with Crippen LogP contribution in [-0.4, -0.2) is 97.9 Å². The van der Waals surface area contributed by atoms with Crippen LogP contribution in [0.1, 0.15) is 40.9 Å². The molecule has 0 aliphatic carbocycles. The minimum atomic E-state index is -1.20. The van der Waals surface area contributed by atoms with E-state index >= 15 is 0 Å². The monoisotopic (exact) mass is 568 g/mol. The lowest BCUT2D eigenvalue weighted by molar-refractivity contribution is 0.0692. The molecule has 2 N–H and O–H groups in total. The van der Waals surface area contributed by atoms with Crippen LogP contribution in [0, 0.1) is 0 Å². The number of aromatic carboxylic acids is 1. The van der Waals surface area contributed by atoms with Crippen LogP contribution < -0.4 is 5.32 Å². The lowest BCUT2D eigenvalue weighted by Gasteiger charge is -2.32. The normalized spacial score (nSPS) is 17.0. The number of pyridine rings is 2. The summed E-state index contributed by atoms with van der Waals surface area (Å²) in [6.07, 6.45) is 10.8. The molecular formula is C31H36N8O3. The van der Waals surface area contributed by atoms with E-state index in [9.17, 15) is 14.7 Å². The fraction of sp³-hybridized carbons (Fsp3) is 0.387. The van der Waals surface area contributed by atoms with E-state index in [0.717, 1.165) is 79.3 Å². The van der Waals surface area contributed by atoms with Gasteiger partial charge in [-0.25, -0.2) is 9.59 Å². The molecule has 1 amide bonds. The lowest BCUT2D eigenvalue weighted by Crippen LogP contribution is -2.43. The standard InChI is InChI=1S/C31H36N8O3/c1-36-9-11-38(12-10-36)21-23-14-26(19-33-17-23)34-31(42)39-28-6-5-24(15-27(28)29(35-39)30(40)41)25-13-22(16-32-18-25)20-37-7-3-2-4-8-37/h5-6,13-19H,2-4,7-12,20-21H2,1H3,(H,34,42)(H,40,41). The number of carbonyl (C=O) groups excluding carboxylic acids is 1. The van der Waals surface area contributed by atoms with Gasteiger partial charge in [-0.1, -0.05) is 12.5 Å². The summed E-state index contributed by atoms with van der Waals surface area (Å²) >= 11 is 0. The zero-order valence-corrected chi connectivity index (χ0v) is 23.9. The van der Waals surface area contributed by atoms with Crippen LogP contribution in [0.4, 0.5) is 10.5 Å². The van der Waals surface area contributed by atoms with Gasteiger partial charge in [-0.3, -0.25) is 19.8 Å². The fourth-order valence-electron chi connectivity index (χ4n) is 5.80. The number of likely N-dealkylation sites (tertiary alicyclic amines) is 1. The molecule has 3 aromatic heterocycles. The van der Waals surface area contributed by atoms with E-state index in [0.29, 0.717) is 16.6 Å². The van der Waals surface area contributed by atoms with Gasteiger partial charge in [0.1, 0.15) is 0 Å². The van der Waals surface area contributed by atoms with Crippen molar-refractivity contribution in [1.29, 1.82) is 0 Å². The average Bonchev–Trinajstić information content (AvgIpc) is 3.39. The van der Waals surface area contributed by atoms with Crippen LogP contribution in [0.15, 0.2) is 55.1 Å². The highest BCUT2D eigenvalue weighted by Gasteiger charge is 2.22. The van der Waals surface area contributed by atoms with Crippen LogP contribution in [0.3, 0.4) is 0 Å². The smallest absolute Gasteiger partial charge is 0.357 e. The molecule has 2 saturated heterocycles. The van der Waals surface area contributed by atoms with Crippen molar-refractivity contribution < 1.29 is 14.7 Å². The van der Waals surface area contributed by atoms with E-state index in [4.69, 9.17) is 0 Å². The molecule has 0 atom stereocenters. The summed E-state index contributed by atoms with van der Waals surface area (Å²) in [5, 5.41) is 17.3. The molecule has 42 heavy (non-hydrogen) atoms. The molecule has 6 rings (SSSR count). The molecule has 11 nitrogen and oxygen atoms in total. The number of piperazine rings is 1. The third-order valence-electron chi connectivity index (χ3n) is 8.11. The minimum absolute atomic E-state index is 0.179. The predicted molar refractivity (Wildman–Crippen MR) is 160 cm³/mol. The van der Waals surface area contributed by atoms with Gasteiger partial charge in [0.25, 0.3) is 0 Å². The lowest BCUT2D eigenvalue weighted by atomic mass is 10.0. The Hall–Kier alpha value is -4.19. The van der Waals surface area contributed by atoms with Gasteiger partial charge >= 0.3 is 12.0 Å². The van der Waals surface area contributed by atoms with Gasteiger partial charge in [-0.2, -0.15) is 9.78 Å². The highest BCUT2D eigenvalue weighted by atomic mass is 16.4. The molecule has 218 valence electrons. The Labute approximate surface area is 244 Å². The number of amides is 1. The number of carboxylic acid groups (broad SMARTS) is 1. The van der Waals surface area contributed by atoms with Crippen molar-refractivity contribution >= 4 is 28.6 Å². The van der Waals surface area contributed by atoms with Gasteiger partial charge in [0.2, 0.25) is 0 Å². The molecule has 2 aliphatic rings.